The molecule has 2 aromatic carbocycles. The fourth-order valence-electron chi connectivity index (χ4n) is 2.16. The normalized spacial score (nSPS) is 11.1. The number of hydrogen-bond donors (Lipinski definition) is 0. The molecule has 0 saturated carbocycles. The molecule has 1 aromatic heterocycles. The Bertz CT molecular complexity index is 721. The van der Waals surface area contributed by atoms with Crippen LogP contribution in [0.15, 0.2) is 58.2 Å². The van der Waals surface area contributed by atoms with Gasteiger partial charge in [0.1, 0.15) is 0 Å². The summed E-state index contributed by atoms with van der Waals surface area (Å²) in [6.45, 7) is 0.831. The molecule has 0 atom stereocenters. The number of rotatable bonds is 3. The minimum absolute atomic E-state index is 0.831. The molecule has 96 valence electrons. The third-order valence-electron chi connectivity index (χ3n) is 3.09. The Hall–Kier alpha value is -1.26. The van der Waals surface area contributed by atoms with Crippen LogP contribution in [-0.4, -0.2) is 15.8 Å². The summed E-state index contributed by atoms with van der Waals surface area (Å²) >= 11 is 5.29. The lowest BCUT2D eigenvalue weighted by Gasteiger charge is -2.09. The molecule has 19 heavy (non-hydrogen) atoms. The van der Waals surface area contributed by atoms with Crippen LogP contribution in [0.2, 0.25) is 0 Å². The molecule has 0 unspecified atom stereocenters. The van der Waals surface area contributed by atoms with Gasteiger partial charge in [-0.15, -0.1) is 0 Å². The van der Waals surface area contributed by atoms with Crippen LogP contribution in [0, 0.1) is 0 Å². The van der Waals surface area contributed by atoms with Gasteiger partial charge in [0.25, 0.3) is 0 Å². The highest BCUT2D eigenvalue weighted by molar-refractivity contribution is 9.10. The number of halogens is 1. The van der Waals surface area contributed by atoms with E-state index in [1.54, 1.807) is 11.8 Å². The number of benzene rings is 2. The molecule has 0 bridgehead atoms. The highest BCUT2D eigenvalue weighted by Gasteiger charge is 2.10. The number of imidazole rings is 1. The molecule has 0 spiro atoms. The van der Waals surface area contributed by atoms with Crippen LogP contribution in [0.1, 0.15) is 5.56 Å². The van der Waals surface area contributed by atoms with Gasteiger partial charge in [-0.1, -0.05) is 58.0 Å². The first kappa shape index (κ1) is 12.8. The van der Waals surface area contributed by atoms with E-state index in [1.165, 1.54) is 11.1 Å². The van der Waals surface area contributed by atoms with Gasteiger partial charge in [-0.25, -0.2) is 4.98 Å². The largest absolute Gasteiger partial charge is 0.314 e. The van der Waals surface area contributed by atoms with Crippen LogP contribution in [0.4, 0.5) is 0 Å². The second-order valence-electron chi connectivity index (χ2n) is 4.26. The smallest absolute Gasteiger partial charge is 0.169 e. The maximum absolute atomic E-state index is 4.67. The zero-order chi connectivity index (χ0) is 13.2. The lowest BCUT2D eigenvalue weighted by atomic mass is 10.2. The summed E-state index contributed by atoms with van der Waals surface area (Å²) in [5.41, 5.74) is 3.50. The highest BCUT2D eigenvalue weighted by Crippen LogP contribution is 2.25. The lowest BCUT2D eigenvalue weighted by molar-refractivity contribution is 0.730. The van der Waals surface area contributed by atoms with E-state index in [1.807, 2.05) is 12.1 Å². The molecular formula is C15H13BrN2S. The predicted octanol–water partition coefficient (Wildman–Crippen LogP) is 4.57. The van der Waals surface area contributed by atoms with Crippen molar-refractivity contribution in [3.63, 3.8) is 0 Å². The molecule has 0 N–H and O–H groups in total. The molecule has 0 fully saturated rings. The number of thioether (sulfide) groups is 1. The third kappa shape index (κ3) is 2.42. The lowest BCUT2D eigenvalue weighted by Crippen LogP contribution is -2.01. The van der Waals surface area contributed by atoms with Gasteiger partial charge in [0.2, 0.25) is 0 Å². The molecule has 2 nitrogen and oxygen atoms in total. The van der Waals surface area contributed by atoms with Crippen molar-refractivity contribution in [3.05, 3.63) is 58.6 Å². The SMILES string of the molecule is CSc1nc2ccccc2n1Cc1ccccc1Br. The van der Waals surface area contributed by atoms with E-state index in [4.69, 9.17) is 0 Å². The maximum Gasteiger partial charge on any atom is 0.169 e. The summed E-state index contributed by atoms with van der Waals surface area (Å²) in [5.74, 6) is 0. The molecule has 3 aromatic rings. The Balaban J connectivity index is 2.12. The maximum atomic E-state index is 4.67. The summed E-state index contributed by atoms with van der Waals surface area (Å²) in [7, 11) is 0. The van der Waals surface area contributed by atoms with Crippen molar-refractivity contribution in [1.29, 1.82) is 0 Å². The molecule has 0 aliphatic heterocycles. The van der Waals surface area contributed by atoms with Crippen molar-refractivity contribution >= 4 is 38.7 Å². The van der Waals surface area contributed by atoms with Crippen LogP contribution < -0.4 is 0 Å². The average Bonchev–Trinajstić information content (AvgIpc) is 2.79. The second-order valence-corrected chi connectivity index (χ2v) is 5.89. The fourth-order valence-corrected chi connectivity index (χ4v) is 3.14. The summed E-state index contributed by atoms with van der Waals surface area (Å²) in [5, 5.41) is 1.05. The van der Waals surface area contributed by atoms with Gasteiger partial charge in [-0.05, 0) is 30.0 Å². The Morgan fingerprint density at radius 1 is 1.11 bits per heavy atom. The Kier molecular flexibility index (Phi) is 3.62. The van der Waals surface area contributed by atoms with E-state index in [0.717, 1.165) is 21.7 Å². The Morgan fingerprint density at radius 2 is 1.84 bits per heavy atom. The highest BCUT2D eigenvalue weighted by atomic mass is 79.9. The number of nitrogens with zero attached hydrogens (tertiary/aromatic N) is 2. The molecule has 0 aliphatic rings. The minimum atomic E-state index is 0.831. The quantitative estimate of drug-likeness (QED) is 0.654. The van der Waals surface area contributed by atoms with E-state index < -0.39 is 0 Å². The molecular weight excluding hydrogens is 320 g/mol. The average molecular weight is 333 g/mol. The fraction of sp³-hybridized carbons (Fsp3) is 0.133. The van der Waals surface area contributed by atoms with Gasteiger partial charge in [-0.2, -0.15) is 0 Å². The first-order valence-corrected chi connectivity index (χ1v) is 8.04. The van der Waals surface area contributed by atoms with Gasteiger partial charge < -0.3 is 4.57 Å². The second kappa shape index (κ2) is 5.39. The van der Waals surface area contributed by atoms with E-state index in [9.17, 15) is 0 Å². The van der Waals surface area contributed by atoms with Crippen molar-refractivity contribution < 1.29 is 0 Å². The molecule has 1 heterocycles. The van der Waals surface area contributed by atoms with E-state index in [-0.39, 0.29) is 0 Å². The first-order valence-electron chi connectivity index (χ1n) is 6.02. The Labute approximate surface area is 125 Å². The van der Waals surface area contributed by atoms with Crippen LogP contribution in [-0.2, 0) is 6.54 Å². The van der Waals surface area contributed by atoms with E-state index in [2.05, 4.69) is 68.1 Å². The first-order chi connectivity index (χ1) is 9.29. The van der Waals surface area contributed by atoms with Crippen LogP contribution in [0.3, 0.4) is 0 Å². The van der Waals surface area contributed by atoms with Gasteiger partial charge >= 0.3 is 0 Å². The number of aromatic nitrogens is 2. The van der Waals surface area contributed by atoms with Crippen molar-refractivity contribution in [1.82, 2.24) is 9.55 Å². The van der Waals surface area contributed by atoms with Crippen molar-refractivity contribution in [2.45, 2.75) is 11.7 Å². The zero-order valence-electron chi connectivity index (χ0n) is 10.5. The summed E-state index contributed by atoms with van der Waals surface area (Å²) in [6.07, 6.45) is 2.07. The van der Waals surface area contributed by atoms with Gasteiger partial charge in [-0.3, -0.25) is 0 Å². The molecule has 3 rings (SSSR count). The molecule has 0 amide bonds. The molecule has 4 heteroatoms. The molecule has 0 radical (unpaired) electrons. The van der Waals surface area contributed by atoms with Gasteiger partial charge in [0, 0.05) is 4.47 Å². The van der Waals surface area contributed by atoms with Crippen LogP contribution in [0.5, 0.6) is 0 Å². The van der Waals surface area contributed by atoms with Crippen molar-refractivity contribution in [3.8, 4) is 0 Å². The Morgan fingerprint density at radius 3 is 2.63 bits per heavy atom. The van der Waals surface area contributed by atoms with Crippen molar-refractivity contribution in [2.75, 3.05) is 6.26 Å². The monoisotopic (exact) mass is 332 g/mol. The molecule has 0 aliphatic carbocycles. The summed E-state index contributed by atoms with van der Waals surface area (Å²) in [4.78, 5) is 4.67. The van der Waals surface area contributed by atoms with Gasteiger partial charge in [0.15, 0.2) is 5.16 Å². The summed E-state index contributed by atoms with van der Waals surface area (Å²) in [6, 6.07) is 16.6. The number of fused-ring (bicyclic) bond motifs is 1. The van der Waals surface area contributed by atoms with Crippen molar-refractivity contribution in [2.24, 2.45) is 0 Å². The van der Waals surface area contributed by atoms with E-state index in [0.29, 0.717) is 0 Å². The van der Waals surface area contributed by atoms with E-state index >= 15 is 0 Å². The third-order valence-corrected chi connectivity index (χ3v) is 4.54. The molecule has 0 saturated heterocycles. The predicted molar refractivity (Wildman–Crippen MR) is 84.8 cm³/mol. The van der Waals surface area contributed by atoms with Gasteiger partial charge in [0.05, 0.1) is 17.6 Å². The standard InChI is InChI=1S/C15H13BrN2S/c1-19-15-17-13-8-4-5-9-14(13)18(15)10-11-6-2-3-7-12(11)16/h2-9H,10H2,1H3. The summed E-state index contributed by atoms with van der Waals surface area (Å²) < 4.78 is 3.40. The minimum Gasteiger partial charge on any atom is -0.314 e. The van der Waals surface area contributed by atoms with Crippen LogP contribution >= 0.6 is 27.7 Å². The zero-order valence-corrected chi connectivity index (χ0v) is 12.9. The van der Waals surface area contributed by atoms with Crippen LogP contribution in [0.25, 0.3) is 11.0 Å². The number of para-hydroxylation sites is 2. The number of hydrogen-bond acceptors (Lipinski definition) is 2. The topological polar surface area (TPSA) is 17.8 Å².